The Bertz CT molecular complexity index is 944. The highest BCUT2D eigenvalue weighted by molar-refractivity contribution is 6.03. The van der Waals surface area contributed by atoms with Gasteiger partial charge in [0, 0.05) is 18.7 Å². The van der Waals surface area contributed by atoms with Crippen molar-refractivity contribution in [3.63, 3.8) is 0 Å². The van der Waals surface area contributed by atoms with Crippen molar-refractivity contribution < 1.29 is 14.3 Å². The molecule has 0 atom stereocenters. The zero-order chi connectivity index (χ0) is 22.8. The number of likely N-dealkylation sites (tertiary alicyclic amines) is 1. The summed E-state index contributed by atoms with van der Waals surface area (Å²) in [6, 6.07) is 7.75. The van der Waals surface area contributed by atoms with Crippen molar-refractivity contribution in [3.05, 3.63) is 42.5 Å². The van der Waals surface area contributed by atoms with Crippen LogP contribution in [0, 0.1) is 5.41 Å². The minimum Gasteiger partial charge on any atom is -0.491 e. The Kier molecular flexibility index (Phi) is 6.50. The van der Waals surface area contributed by atoms with Gasteiger partial charge in [-0.2, -0.15) is 5.10 Å². The average molecular weight is 426 g/mol. The van der Waals surface area contributed by atoms with Gasteiger partial charge in [0.2, 0.25) is 0 Å². The number of nitrogens with two attached hydrogens (primary N) is 2. The van der Waals surface area contributed by atoms with E-state index in [0.717, 1.165) is 37.2 Å². The number of ether oxygens (including phenoxy) is 1. The fraction of sp³-hybridized carbons (Fsp3) is 0.435. The van der Waals surface area contributed by atoms with E-state index < -0.39 is 5.91 Å². The SMILES string of the molecule is C=CC=O.CC(C)Oc1ccc(-c2nn(C3CC4(C3)CN(C)C4)c(N)c2C(N)=O)cc1. The number of hydrogen-bond donors (Lipinski definition) is 2. The standard InChI is InChI=1S/C20H27N5O2.C3H4O/c1-12(2)27-15-6-4-13(5-7-15)17-16(19(22)26)18(21)25(23-17)14-8-20(9-14)10-24(3)11-20;1-2-3-4/h4-7,12,14H,8-11,21H2,1-3H3,(H2,22,26);2-3H,1H2. The maximum absolute atomic E-state index is 12.1. The summed E-state index contributed by atoms with van der Waals surface area (Å²) >= 11 is 0. The number of hydrogen-bond acceptors (Lipinski definition) is 6. The molecule has 8 heteroatoms. The molecule has 0 radical (unpaired) electrons. The van der Waals surface area contributed by atoms with Crippen LogP contribution in [0.2, 0.25) is 0 Å². The van der Waals surface area contributed by atoms with Crippen LogP contribution in [-0.4, -0.2) is 53.1 Å². The molecule has 166 valence electrons. The van der Waals surface area contributed by atoms with Crippen LogP contribution in [0.3, 0.4) is 0 Å². The molecule has 1 spiro atoms. The van der Waals surface area contributed by atoms with Crippen molar-refractivity contribution in [2.45, 2.75) is 38.8 Å². The normalized spacial score (nSPS) is 17.3. The van der Waals surface area contributed by atoms with Gasteiger partial charge < -0.3 is 21.1 Å². The highest BCUT2D eigenvalue weighted by Crippen LogP contribution is 2.54. The maximum atomic E-state index is 12.1. The number of aldehydes is 1. The second-order valence-electron chi connectivity index (χ2n) is 8.71. The van der Waals surface area contributed by atoms with E-state index in [1.165, 1.54) is 6.08 Å². The second-order valence-corrected chi connectivity index (χ2v) is 8.71. The Morgan fingerprint density at radius 1 is 1.29 bits per heavy atom. The molecular formula is C23H31N5O3. The van der Waals surface area contributed by atoms with Crippen molar-refractivity contribution in [2.24, 2.45) is 11.1 Å². The van der Waals surface area contributed by atoms with Crippen molar-refractivity contribution in [1.82, 2.24) is 14.7 Å². The van der Waals surface area contributed by atoms with E-state index >= 15 is 0 Å². The van der Waals surface area contributed by atoms with E-state index in [2.05, 4.69) is 18.5 Å². The Morgan fingerprint density at radius 2 is 1.87 bits per heavy atom. The highest BCUT2D eigenvalue weighted by Gasteiger charge is 2.52. The summed E-state index contributed by atoms with van der Waals surface area (Å²) in [5, 5.41) is 4.69. The lowest BCUT2D eigenvalue weighted by molar-refractivity contribution is -0.104. The molecule has 1 aromatic heterocycles. The number of anilines is 1. The van der Waals surface area contributed by atoms with Crippen LogP contribution in [-0.2, 0) is 4.79 Å². The molecule has 4 N–H and O–H groups in total. The number of allylic oxidation sites excluding steroid dienone is 1. The van der Waals surface area contributed by atoms with Crippen LogP contribution < -0.4 is 16.2 Å². The van der Waals surface area contributed by atoms with Gasteiger partial charge in [-0.3, -0.25) is 9.59 Å². The molecule has 2 aromatic rings. The molecule has 4 rings (SSSR count). The Hall–Kier alpha value is -3.13. The Balaban J connectivity index is 0.000000628. The topological polar surface area (TPSA) is 116 Å². The summed E-state index contributed by atoms with van der Waals surface area (Å²) in [5.41, 5.74) is 14.0. The number of nitrogens with zero attached hydrogens (tertiary/aromatic N) is 3. The van der Waals surface area contributed by atoms with Gasteiger partial charge in [0.05, 0.1) is 12.1 Å². The third kappa shape index (κ3) is 4.64. The highest BCUT2D eigenvalue weighted by atomic mass is 16.5. The van der Waals surface area contributed by atoms with Crippen LogP contribution in [0.1, 0.15) is 43.1 Å². The Labute approximate surface area is 182 Å². The second kappa shape index (κ2) is 8.93. The van der Waals surface area contributed by atoms with Gasteiger partial charge in [-0.1, -0.05) is 6.58 Å². The number of primary amides is 1. The maximum Gasteiger partial charge on any atom is 0.254 e. The van der Waals surface area contributed by atoms with E-state index in [0.29, 0.717) is 28.8 Å². The van der Waals surface area contributed by atoms with E-state index in [1.54, 1.807) is 4.68 Å². The van der Waals surface area contributed by atoms with E-state index in [4.69, 9.17) is 26.1 Å². The first-order chi connectivity index (χ1) is 14.7. The molecule has 0 bridgehead atoms. The van der Waals surface area contributed by atoms with Crippen LogP contribution >= 0.6 is 0 Å². The predicted octanol–water partition coefficient (Wildman–Crippen LogP) is 2.66. The molecule has 1 aliphatic heterocycles. The third-order valence-corrected chi connectivity index (χ3v) is 5.68. The van der Waals surface area contributed by atoms with Crippen LogP contribution in [0.25, 0.3) is 11.3 Å². The molecule has 31 heavy (non-hydrogen) atoms. The minimum absolute atomic E-state index is 0.100. The average Bonchev–Trinajstić information content (AvgIpc) is 3.01. The van der Waals surface area contributed by atoms with E-state index in [9.17, 15) is 4.79 Å². The van der Waals surface area contributed by atoms with Crippen molar-refractivity contribution in [3.8, 4) is 17.0 Å². The number of nitrogen functional groups attached to an aromatic ring is 1. The van der Waals surface area contributed by atoms with Crippen LogP contribution in [0.5, 0.6) is 5.75 Å². The lowest BCUT2D eigenvalue weighted by Gasteiger charge is -2.58. The summed E-state index contributed by atoms with van der Waals surface area (Å²) < 4.78 is 7.48. The fourth-order valence-electron chi connectivity index (χ4n) is 4.60. The fourth-order valence-corrected chi connectivity index (χ4v) is 4.60. The molecule has 1 amide bonds. The third-order valence-electron chi connectivity index (χ3n) is 5.68. The number of benzene rings is 1. The van der Waals surface area contributed by atoms with Crippen LogP contribution in [0.15, 0.2) is 36.9 Å². The van der Waals surface area contributed by atoms with Gasteiger partial charge in [0.1, 0.15) is 29.1 Å². The zero-order valence-corrected chi connectivity index (χ0v) is 18.4. The van der Waals surface area contributed by atoms with Gasteiger partial charge in [-0.15, -0.1) is 0 Å². The zero-order valence-electron chi connectivity index (χ0n) is 18.4. The van der Waals surface area contributed by atoms with Gasteiger partial charge in [0.25, 0.3) is 5.91 Å². The molecule has 1 aromatic carbocycles. The largest absolute Gasteiger partial charge is 0.491 e. The smallest absolute Gasteiger partial charge is 0.254 e. The minimum atomic E-state index is -0.548. The molecule has 0 unspecified atom stereocenters. The Morgan fingerprint density at radius 3 is 2.32 bits per heavy atom. The summed E-state index contributed by atoms with van der Waals surface area (Å²) in [6.45, 7) is 9.31. The molecule has 1 aliphatic carbocycles. The number of carbonyl (C=O) groups is 2. The van der Waals surface area contributed by atoms with Gasteiger partial charge >= 0.3 is 0 Å². The van der Waals surface area contributed by atoms with Crippen molar-refractivity contribution >= 4 is 18.0 Å². The first kappa shape index (κ1) is 22.6. The predicted molar refractivity (Wildman–Crippen MR) is 121 cm³/mol. The number of carbonyl (C=O) groups excluding carboxylic acids is 2. The van der Waals surface area contributed by atoms with Crippen molar-refractivity contribution in [2.75, 3.05) is 25.9 Å². The molecule has 1 saturated carbocycles. The lowest BCUT2D eigenvalue weighted by atomic mass is 9.61. The summed E-state index contributed by atoms with van der Waals surface area (Å²) in [5.74, 6) is 0.595. The first-order valence-electron chi connectivity index (χ1n) is 10.4. The van der Waals surface area contributed by atoms with Crippen LogP contribution in [0.4, 0.5) is 5.82 Å². The molecular weight excluding hydrogens is 394 g/mol. The van der Waals surface area contributed by atoms with Gasteiger partial charge in [-0.25, -0.2) is 4.68 Å². The number of rotatable bonds is 6. The molecule has 2 aliphatic rings. The summed E-state index contributed by atoms with van der Waals surface area (Å²) in [7, 11) is 2.14. The van der Waals surface area contributed by atoms with Crippen molar-refractivity contribution in [1.29, 1.82) is 0 Å². The first-order valence-corrected chi connectivity index (χ1v) is 10.4. The lowest BCUT2D eigenvalue weighted by Crippen LogP contribution is -2.60. The number of amides is 1. The quantitative estimate of drug-likeness (QED) is 0.543. The monoisotopic (exact) mass is 425 g/mol. The van der Waals surface area contributed by atoms with E-state index in [-0.39, 0.29) is 12.1 Å². The molecule has 2 fully saturated rings. The molecule has 1 saturated heterocycles. The summed E-state index contributed by atoms with van der Waals surface area (Å²) in [4.78, 5) is 23.4. The summed E-state index contributed by atoms with van der Waals surface area (Å²) in [6.07, 6.45) is 4.02. The molecule has 2 heterocycles. The van der Waals surface area contributed by atoms with Gasteiger partial charge in [-0.05, 0) is 69.5 Å². The molecule has 8 nitrogen and oxygen atoms in total. The number of aromatic nitrogens is 2. The van der Waals surface area contributed by atoms with Gasteiger partial charge in [0.15, 0.2) is 0 Å². The van der Waals surface area contributed by atoms with E-state index in [1.807, 2.05) is 38.1 Å².